The van der Waals surface area contributed by atoms with Crippen LogP contribution in [0.25, 0.3) is 0 Å². The zero-order valence-corrected chi connectivity index (χ0v) is 11.8. The zero-order valence-electron chi connectivity index (χ0n) is 11.8. The van der Waals surface area contributed by atoms with Crippen molar-refractivity contribution < 1.29 is 9.26 Å². The Morgan fingerprint density at radius 2 is 2.20 bits per heavy atom. The summed E-state index contributed by atoms with van der Waals surface area (Å²) < 4.78 is 12.8. The van der Waals surface area contributed by atoms with Crippen molar-refractivity contribution in [2.24, 2.45) is 0 Å². The largest absolute Gasteiger partial charge is 0.381 e. The van der Waals surface area contributed by atoms with Gasteiger partial charge in [0.1, 0.15) is 5.82 Å². The molecule has 0 atom stereocenters. The molecule has 0 aliphatic carbocycles. The van der Waals surface area contributed by atoms with E-state index in [2.05, 4.69) is 26.6 Å². The van der Waals surface area contributed by atoms with Gasteiger partial charge in [-0.2, -0.15) is 4.98 Å². The first-order valence-corrected chi connectivity index (χ1v) is 7.27. The summed E-state index contributed by atoms with van der Waals surface area (Å²) in [5.74, 6) is 2.90. The molecule has 0 N–H and O–H groups in total. The molecule has 1 aliphatic rings. The van der Waals surface area contributed by atoms with E-state index >= 15 is 0 Å². The lowest BCUT2D eigenvalue weighted by Crippen LogP contribution is -2.14. The second kappa shape index (κ2) is 6.17. The number of aryl methyl sites for hydroxylation is 1. The molecular weight excluding hydrogens is 256 g/mol. The first kappa shape index (κ1) is 13.3. The van der Waals surface area contributed by atoms with Crippen molar-refractivity contribution >= 4 is 0 Å². The number of hydrogen-bond donors (Lipinski definition) is 0. The highest BCUT2D eigenvalue weighted by Crippen LogP contribution is 2.25. The molecule has 20 heavy (non-hydrogen) atoms. The molecule has 0 unspecified atom stereocenters. The van der Waals surface area contributed by atoms with Crippen LogP contribution in [0.4, 0.5) is 0 Å². The highest BCUT2D eigenvalue weighted by atomic mass is 16.5. The minimum absolute atomic E-state index is 0.350. The average Bonchev–Trinajstić information content (AvgIpc) is 3.11. The van der Waals surface area contributed by atoms with Gasteiger partial charge in [-0.25, -0.2) is 4.98 Å². The van der Waals surface area contributed by atoms with Gasteiger partial charge >= 0.3 is 0 Å². The van der Waals surface area contributed by atoms with Gasteiger partial charge in [0.25, 0.3) is 0 Å². The first-order chi connectivity index (χ1) is 9.86. The van der Waals surface area contributed by atoms with Gasteiger partial charge in [-0.3, -0.25) is 0 Å². The van der Waals surface area contributed by atoms with E-state index in [9.17, 15) is 0 Å². The molecule has 0 amide bonds. The normalized spacial score (nSPS) is 16.6. The van der Waals surface area contributed by atoms with Gasteiger partial charge in [0, 0.05) is 37.9 Å². The van der Waals surface area contributed by atoms with Gasteiger partial charge in [-0.15, -0.1) is 0 Å². The summed E-state index contributed by atoms with van der Waals surface area (Å²) >= 11 is 0. The zero-order chi connectivity index (χ0) is 13.8. The standard InChI is InChI=1S/C14H20N4O2/c1-2-3-13-15-6-7-18(13)10-12-16-14(20-17-12)11-4-8-19-9-5-11/h6-7,11H,2-5,8-10H2,1H3. The summed E-state index contributed by atoms with van der Waals surface area (Å²) in [5.41, 5.74) is 0. The van der Waals surface area contributed by atoms with Crippen LogP contribution in [0.2, 0.25) is 0 Å². The molecular formula is C14H20N4O2. The van der Waals surface area contributed by atoms with E-state index in [1.54, 1.807) is 0 Å². The maximum atomic E-state index is 5.40. The van der Waals surface area contributed by atoms with E-state index in [0.29, 0.717) is 12.5 Å². The Kier molecular flexibility index (Phi) is 4.11. The van der Waals surface area contributed by atoms with Gasteiger partial charge < -0.3 is 13.8 Å². The summed E-state index contributed by atoms with van der Waals surface area (Å²) in [6.07, 6.45) is 7.77. The highest BCUT2D eigenvalue weighted by molar-refractivity contribution is 4.99. The van der Waals surface area contributed by atoms with Crippen LogP contribution in [0.3, 0.4) is 0 Å². The van der Waals surface area contributed by atoms with Crippen molar-refractivity contribution in [2.45, 2.75) is 45.1 Å². The Morgan fingerprint density at radius 3 is 3.00 bits per heavy atom. The van der Waals surface area contributed by atoms with E-state index < -0.39 is 0 Å². The molecule has 6 nitrogen and oxygen atoms in total. The molecule has 3 heterocycles. The van der Waals surface area contributed by atoms with Crippen LogP contribution in [0.5, 0.6) is 0 Å². The fraction of sp³-hybridized carbons (Fsp3) is 0.643. The third-order valence-corrected chi connectivity index (χ3v) is 3.64. The fourth-order valence-corrected chi connectivity index (χ4v) is 2.53. The van der Waals surface area contributed by atoms with E-state index in [-0.39, 0.29) is 0 Å². The van der Waals surface area contributed by atoms with Crippen molar-refractivity contribution in [1.82, 2.24) is 19.7 Å². The summed E-state index contributed by atoms with van der Waals surface area (Å²) in [5, 5.41) is 4.09. The molecule has 1 saturated heterocycles. The molecule has 0 saturated carbocycles. The van der Waals surface area contributed by atoms with Gasteiger partial charge in [-0.05, 0) is 19.3 Å². The van der Waals surface area contributed by atoms with Gasteiger partial charge in [0.15, 0.2) is 5.82 Å². The van der Waals surface area contributed by atoms with Crippen LogP contribution < -0.4 is 0 Å². The van der Waals surface area contributed by atoms with Gasteiger partial charge in [0.05, 0.1) is 6.54 Å². The molecule has 2 aromatic rings. The Bertz CT molecular complexity index is 543. The molecule has 0 spiro atoms. The van der Waals surface area contributed by atoms with E-state index in [1.165, 1.54) is 0 Å². The third-order valence-electron chi connectivity index (χ3n) is 3.64. The second-order valence-corrected chi connectivity index (χ2v) is 5.16. The summed E-state index contributed by atoms with van der Waals surface area (Å²) in [6, 6.07) is 0. The van der Waals surface area contributed by atoms with Crippen molar-refractivity contribution in [3.05, 3.63) is 29.9 Å². The Hall–Kier alpha value is -1.69. The number of aromatic nitrogens is 4. The van der Waals surface area contributed by atoms with Crippen molar-refractivity contribution in [3.8, 4) is 0 Å². The van der Waals surface area contributed by atoms with Gasteiger partial charge in [-0.1, -0.05) is 12.1 Å². The summed E-state index contributed by atoms with van der Waals surface area (Å²) in [6.45, 7) is 4.34. The van der Waals surface area contributed by atoms with Crippen LogP contribution in [-0.4, -0.2) is 32.9 Å². The monoisotopic (exact) mass is 276 g/mol. The molecule has 2 aromatic heterocycles. The first-order valence-electron chi connectivity index (χ1n) is 7.27. The maximum Gasteiger partial charge on any atom is 0.229 e. The van der Waals surface area contributed by atoms with E-state index in [1.807, 2.05) is 12.4 Å². The number of ether oxygens (including phenoxy) is 1. The predicted molar refractivity (Wildman–Crippen MR) is 72.4 cm³/mol. The topological polar surface area (TPSA) is 66.0 Å². The Balaban J connectivity index is 1.68. The molecule has 108 valence electrons. The molecule has 0 aromatic carbocycles. The molecule has 0 bridgehead atoms. The Labute approximate surface area is 118 Å². The van der Waals surface area contributed by atoms with Crippen LogP contribution >= 0.6 is 0 Å². The quantitative estimate of drug-likeness (QED) is 0.837. The second-order valence-electron chi connectivity index (χ2n) is 5.16. The smallest absolute Gasteiger partial charge is 0.229 e. The average molecular weight is 276 g/mol. The lowest BCUT2D eigenvalue weighted by Gasteiger charge is -2.17. The van der Waals surface area contributed by atoms with Crippen LogP contribution in [-0.2, 0) is 17.7 Å². The minimum atomic E-state index is 0.350. The van der Waals surface area contributed by atoms with Crippen LogP contribution in [0, 0.1) is 0 Å². The lowest BCUT2D eigenvalue weighted by molar-refractivity contribution is 0.0778. The van der Waals surface area contributed by atoms with Crippen LogP contribution in [0.1, 0.15) is 49.6 Å². The van der Waals surface area contributed by atoms with E-state index in [0.717, 1.165) is 56.4 Å². The fourth-order valence-electron chi connectivity index (χ4n) is 2.53. The van der Waals surface area contributed by atoms with Gasteiger partial charge in [0.2, 0.25) is 5.89 Å². The van der Waals surface area contributed by atoms with Crippen molar-refractivity contribution in [1.29, 1.82) is 0 Å². The van der Waals surface area contributed by atoms with Crippen molar-refractivity contribution in [3.63, 3.8) is 0 Å². The summed E-state index contributed by atoms with van der Waals surface area (Å²) in [4.78, 5) is 8.89. The Morgan fingerprint density at radius 1 is 1.35 bits per heavy atom. The molecule has 1 aliphatic heterocycles. The van der Waals surface area contributed by atoms with E-state index in [4.69, 9.17) is 9.26 Å². The molecule has 1 fully saturated rings. The molecule has 6 heteroatoms. The number of hydrogen-bond acceptors (Lipinski definition) is 5. The van der Waals surface area contributed by atoms with Crippen molar-refractivity contribution in [2.75, 3.05) is 13.2 Å². The predicted octanol–water partition coefficient (Wildman–Crippen LogP) is 2.16. The minimum Gasteiger partial charge on any atom is -0.381 e. The third kappa shape index (κ3) is 2.90. The van der Waals surface area contributed by atoms with Crippen LogP contribution in [0.15, 0.2) is 16.9 Å². The number of rotatable bonds is 5. The number of nitrogens with zero attached hydrogens (tertiary/aromatic N) is 4. The lowest BCUT2D eigenvalue weighted by atomic mass is 10.0. The highest BCUT2D eigenvalue weighted by Gasteiger charge is 2.22. The molecule has 0 radical (unpaired) electrons. The maximum absolute atomic E-state index is 5.40. The number of imidazole rings is 1. The molecule has 3 rings (SSSR count). The SMILES string of the molecule is CCCc1nccn1Cc1noc(C2CCOCC2)n1. The summed E-state index contributed by atoms with van der Waals surface area (Å²) in [7, 11) is 0.